The van der Waals surface area contributed by atoms with Gasteiger partial charge in [0.05, 0.1) is 9.35 Å². The first kappa shape index (κ1) is 13.3. The highest BCUT2D eigenvalue weighted by atomic mass is 79.9. The Morgan fingerprint density at radius 3 is 2.28 bits per heavy atom. The molecule has 0 saturated heterocycles. The molecular weight excluding hydrogens is 329 g/mol. The number of rotatable bonds is 3. The van der Waals surface area contributed by atoms with E-state index in [0.29, 0.717) is 17.0 Å². The van der Waals surface area contributed by atoms with Crippen LogP contribution < -0.4 is 0 Å². The summed E-state index contributed by atoms with van der Waals surface area (Å²) >= 11 is 4.53. The monoisotopic (exact) mass is 334 g/mol. The Balaban J connectivity index is 2.29. The fourth-order valence-electron chi connectivity index (χ4n) is 1.50. The Labute approximate surface area is 113 Å². The highest BCUT2D eigenvalue weighted by Gasteiger charge is 2.19. The molecule has 0 spiro atoms. The quantitative estimate of drug-likeness (QED) is 0.762. The summed E-state index contributed by atoms with van der Waals surface area (Å²) in [5.74, 6) is -4.10. The molecule has 18 heavy (non-hydrogen) atoms. The van der Waals surface area contributed by atoms with Gasteiger partial charge in [-0.3, -0.25) is 4.79 Å². The third-order valence-corrected chi connectivity index (χ3v) is 3.87. The second-order valence-electron chi connectivity index (χ2n) is 3.55. The zero-order chi connectivity index (χ0) is 13.3. The third-order valence-electron chi connectivity index (χ3n) is 2.25. The van der Waals surface area contributed by atoms with Crippen LogP contribution >= 0.6 is 27.3 Å². The molecule has 0 radical (unpaired) electrons. The number of hydrogen-bond donors (Lipinski definition) is 0. The first-order chi connectivity index (χ1) is 8.47. The van der Waals surface area contributed by atoms with Crippen molar-refractivity contribution in [3.8, 4) is 0 Å². The van der Waals surface area contributed by atoms with E-state index in [1.54, 1.807) is 12.1 Å². The molecule has 0 saturated carbocycles. The van der Waals surface area contributed by atoms with Gasteiger partial charge in [0, 0.05) is 23.4 Å². The van der Waals surface area contributed by atoms with Gasteiger partial charge >= 0.3 is 0 Å². The molecule has 0 N–H and O–H groups in total. The molecule has 0 fully saturated rings. The molecule has 1 heterocycles. The lowest BCUT2D eigenvalue weighted by molar-refractivity contribution is 0.0985. The van der Waals surface area contributed by atoms with E-state index < -0.39 is 28.8 Å². The summed E-state index contributed by atoms with van der Waals surface area (Å²) in [6.45, 7) is 0. The zero-order valence-electron chi connectivity index (χ0n) is 8.84. The maximum atomic E-state index is 13.4. The Hall–Kier alpha value is -1.14. The van der Waals surface area contributed by atoms with Gasteiger partial charge in [-0.05, 0) is 28.1 Å². The molecule has 0 amide bonds. The molecule has 94 valence electrons. The fourth-order valence-corrected chi connectivity index (χ4v) is 2.98. The number of carbonyl (C=O) groups is 1. The maximum absolute atomic E-state index is 13.4. The Bertz CT molecular complexity index is 586. The average Bonchev–Trinajstić information content (AvgIpc) is 2.62. The number of ketones is 1. The summed E-state index contributed by atoms with van der Waals surface area (Å²) < 4.78 is 40.3. The lowest BCUT2D eigenvalue weighted by Gasteiger charge is -2.03. The van der Waals surface area contributed by atoms with Gasteiger partial charge in [-0.1, -0.05) is 0 Å². The SMILES string of the molecule is O=C(Cc1ccc(Br)s1)c1c(F)cc(F)cc1F. The molecule has 1 aromatic heterocycles. The van der Waals surface area contributed by atoms with Gasteiger partial charge in [0.1, 0.15) is 17.5 Å². The number of carbonyl (C=O) groups excluding carboxylic acids is 1. The summed E-state index contributed by atoms with van der Waals surface area (Å²) in [7, 11) is 0. The largest absolute Gasteiger partial charge is 0.294 e. The lowest BCUT2D eigenvalue weighted by atomic mass is 10.1. The molecular formula is C12H6BrF3OS. The van der Waals surface area contributed by atoms with Crippen LogP contribution in [0.25, 0.3) is 0 Å². The second-order valence-corrected chi connectivity index (χ2v) is 6.10. The molecule has 0 atom stereocenters. The highest BCUT2D eigenvalue weighted by molar-refractivity contribution is 9.11. The van der Waals surface area contributed by atoms with Crippen molar-refractivity contribution >= 4 is 33.0 Å². The van der Waals surface area contributed by atoms with Gasteiger partial charge in [-0.15, -0.1) is 11.3 Å². The van der Waals surface area contributed by atoms with Crippen LogP contribution in [0.3, 0.4) is 0 Å². The summed E-state index contributed by atoms with van der Waals surface area (Å²) in [6, 6.07) is 4.43. The van der Waals surface area contributed by atoms with E-state index in [1.807, 2.05) is 0 Å². The van der Waals surface area contributed by atoms with Gasteiger partial charge in [0.15, 0.2) is 5.78 Å². The van der Waals surface area contributed by atoms with Crippen LogP contribution in [0.1, 0.15) is 15.2 Å². The van der Waals surface area contributed by atoms with Crippen molar-refractivity contribution in [1.82, 2.24) is 0 Å². The molecule has 2 rings (SSSR count). The van der Waals surface area contributed by atoms with E-state index in [9.17, 15) is 18.0 Å². The van der Waals surface area contributed by atoms with E-state index in [0.717, 1.165) is 3.79 Å². The molecule has 1 aromatic carbocycles. The van der Waals surface area contributed by atoms with Gasteiger partial charge in [0.2, 0.25) is 0 Å². The Morgan fingerprint density at radius 1 is 1.17 bits per heavy atom. The molecule has 0 unspecified atom stereocenters. The van der Waals surface area contributed by atoms with Crippen LogP contribution in [0.2, 0.25) is 0 Å². The topological polar surface area (TPSA) is 17.1 Å². The minimum absolute atomic E-state index is 0.115. The minimum Gasteiger partial charge on any atom is -0.294 e. The van der Waals surface area contributed by atoms with E-state index in [4.69, 9.17) is 0 Å². The molecule has 0 aliphatic rings. The van der Waals surface area contributed by atoms with Crippen LogP contribution in [0.5, 0.6) is 0 Å². The third kappa shape index (κ3) is 2.81. The van der Waals surface area contributed by atoms with E-state index >= 15 is 0 Å². The average molecular weight is 335 g/mol. The van der Waals surface area contributed by atoms with Crippen molar-refractivity contribution in [2.45, 2.75) is 6.42 Å². The van der Waals surface area contributed by atoms with Crippen molar-refractivity contribution < 1.29 is 18.0 Å². The molecule has 2 aromatic rings. The van der Waals surface area contributed by atoms with Gasteiger partial charge in [0.25, 0.3) is 0 Å². The van der Waals surface area contributed by atoms with Crippen LogP contribution in [0, 0.1) is 17.5 Å². The van der Waals surface area contributed by atoms with E-state index in [-0.39, 0.29) is 6.42 Å². The molecule has 0 bridgehead atoms. The first-order valence-corrected chi connectivity index (χ1v) is 6.50. The number of Topliss-reactive ketones (excluding diaryl/α,β-unsaturated/α-hetero) is 1. The van der Waals surface area contributed by atoms with Crippen molar-refractivity contribution in [2.24, 2.45) is 0 Å². The molecule has 1 nitrogen and oxygen atoms in total. The van der Waals surface area contributed by atoms with Crippen LogP contribution in [-0.2, 0) is 6.42 Å². The molecule has 0 aliphatic carbocycles. The number of benzene rings is 1. The van der Waals surface area contributed by atoms with Crippen LogP contribution in [-0.4, -0.2) is 5.78 Å². The summed E-state index contributed by atoms with van der Waals surface area (Å²) in [4.78, 5) is 12.4. The fraction of sp³-hybridized carbons (Fsp3) is 0.0833. The smallest absolute Gasteiger partial charge is 0.173 e. The van der Waals surface area contributed by atoms with Crippen molar-refractivity contribution in [3.05, 3.63) is 55.9 Å². The van der Waals surface area contributed by atoms with Crippen LogP contribution in [0.15, 0.2) is 28.1 Å². The zero-order valence-corrected chi connectivity index (χ0v) is 11.2. The predicted octanol–water partition coefficient (Wildman–Crippen LogP) is 4.35. The lowest BCUT2D eigenvalue weighted by Crippen LogP contribution is -2.09. The predicted molar refractivity (Wildman–Crippen MR) is 66.4 cm³/mol. The second kappa shape index (κ2) is 5.24. The summed E-state index contributed by atoms with van der Waals surface area (Å²) in [5, 5.41) is 0. The highest BCUT2D eigenvalue weighted by Crippen LogP contribution is 2.24. The number of halogens is 4. The number of thiophene rings is 1. The number of hydrogen-bond acceptors (Lipinski definition) is 2. The van der Waals surface area contributed by atoms with Gasteiger partial charge < -0.3 is 0 Å². The van der Waals surface area contributed by atoms with Crippen molar-refractivity contribution in [3.63, 3.8) is 0 Å². The van der Waals surface area contributed by atoms with Crippen LogP contribution in [0.4, 0.5) is 13.2 Å². The molecule has 6 heteroatoms. The summed E-state index contributed by atoms with van der Waals surface area (Å²) in [5.41, 5.74) is -0.694. The standard InChI is InChI=1S/C12H6BrF3OS/c13-11-2-1-7(18-11)5-10(17)12-8(15)3-6(14)4-9(12)16/h1-4H,5H2. The minimum atomic E-state index is -1.17. The normalized spacial score (nSPS) is 10.7. The maximum Gasteiger partial charge on any atom is 0.173 e. The van der Waals surface area contributed by atoms with Crippen molar-refractivity contribution in [1.29, 1.82) is 0 Å². The first-order valence-electron chi connectivity index (χ1n) is 4.89. The van der Waals surface area contributed by atoms with Gasteiger partial charge in [-0.2, -0.15) is 0 Å². The summed E-state index contributed by atoms with van der Waals surface area (Å²) in [6.07, 6.45) is -0.115. The van der Waals surface area contributed by atoms with E-state index in [1.165, 1.54) is 11.3 Å². The Morgan fingerprint density at radius 2 is 1.78 bits per heavy atom. The molecule has 0 aliphatic heterocycles. The van der Waals surface area contributed by atoms with Crippen molar-refractivity contribution in [2.75, 3.05) is 0 Å². The Kier molecular flexibility index (Phi) is 3.87. The van der Waals surface area contributed by atoms with Gasteiger partial charge in [-0.25, -0.2) is 13.2 Å². The van der Waals surface area contributed by atoms with E-state index in [2.05, 4.69) is 15.9 Å².